The Morgan fingerprint density at radius 1 is 1.53 bits per heavy atom. The molecule has 1 fully saturated rings. The summed E-state index contributed by atoms with van der Waals surface area (Å²) < 4.78 is 5.33. The summed E-state index contributed by atoms with van der Waals surface area (Å²) in [5, 5.41) is 3.62. The van der Waals surface area contributed by atoms with Gasteiger partial charge < -0.3 is 10.1 Å². The van der Waals surface area contributed by atoms with E-state index in [1.54, 1.807) is 7.11 Å². The molecule has 0 aromatic heterocycles. The van der Waals surface area contributed by atoms with E-state index in [0.29, 0.717) is 12.1 Å². The molecule has 0 radical (unpaired) electrons. The van der Waals surface area contributed by atoms with Crippen LogP contribution in [0.15, 0.2) is 0 Å². The van der Waals surface area contributed by atoms with Crippen LogP contribution in [0, 0.1) is 0 Å². The minimum absolute atomic E-state index is 0.352. The highest BCUT2D eigenvalue weighted by molar-refractivity contribution is 4.77. The third kappa shape index (κ3) is 4.96. The van der Waals surface area contributed by atoms with E-state index in [0.717, 1.165) is 6.54 Å². The number of rotatable bonds is 5. The molecule has 0 aromatic rings. The molecule has 1 aliphatic rings. The molecule has 1 N–H and O–H groups in total. The molecule has 0 saturated carbocycles. The maximum absolute atomic E-state index is 5.33. The Labute approximate surface area is 94.2 Å². The van der Waals surface area contributed by atoms with Crippen LogP contribution in [-0.2, 0) is 4.74 Å². The largest absolute Gasteiger partial charge is 0.380 e. The van der Waals surface area contributed by atoms with Crippen molar-refractivity contribution in [2.24, 2.45) is 0 Å². The second kappa shape index (κ2) is 7.20. The average molecular weight is 214 g/mol. The van der Waals surface area contributed by atoms with Gasteiger partial charge in [-0.3, -0.25) is 4.90 Å². The van der Waals surface area contributed by atoms with Gasteiger partial charge in [0.1, 0.15) is 0 Å². The minimum Gasteiger partial charge on any atom is -0.380 e. The molecule has 0 spiro atoms. The molecule has 0 aromatic carbocycles. The van der Waals surface area contributed by atoms with Gasteiger partial charge in [-0.15, -0.1) is 0 Å². The average Bonchev–Trinajstić information content (AvgIpc) is 2.44. The Morgan fingerprint density at radius 3 is 3.00 bits per heavy atom. The summed E-state index contributed by atoms with van der Waals surface area (Å²) in [5.74, 6) is 0. The number of hydrogen-bond donors (Lipinski definition) is 1. The van der Waals surface area contributed by atoms with Crippen molar-refractivity contribution in [2.45, 2.75) is 45.3 Å². The highest BCUT2D eigenvalue weighted by atomic mass is 16.5. The molecule has 3 heteroatoms. The number of ether oxygens (including phenoxy) is 1. The monoisotopic (exact) mass is 214 g/mol. The molecule has 0 bridgehead atoms. The van der Waals surface area contributed by atoms with Gasteiger partial charge in [0.2, 0.25) is 0 Å². The van der Waals surface area contributed by atoms with E-state index in [2.05, 4.69) is 24.1 Å². The molecule has 1 saturated heterocycles. The highest BCUT2D eigenvalue weighted by Gasteiger charge is 2.18. The van der Waals surface area contributed by atoms with Gasteiger partial charge >= 0.3 is 0 Å². The molecule has 1 aliphatic heterocycles. The van der Waals surface area contributed by atoms with Crippen LogP contribution in [0.25, 0.3) is 0 Å². The topological polar surface area (TPSA) is 24.5 Å². The quantitative estimate of drug-likeness (QED) is 0.750. The van der Waals surface area contributed by atoms with Crippen LogP contribution in [-0.4, -0.2) is 50.3 Å². The summed E-state index contributed by atoms with van der Waals surface area (Å²) >= 11 is 0. The third-order valence-electron chi connectivity index (χ3n) is 3.12. The Bertz CT molecular complexity index is 164. The number of hydrogen-bond acceptors (Lipinski definition) is 3. The molecule has 90 valence electrons. The van der Waals surface area contributed by atoms with Gasteiger partial charge in [-0.1, -0.05) is 13.3 Å². The molecular formula is C12H26N2O. The van der Waals surface area contributed by atoms with Gasteiger partial charge in [0.15, 0.2) is 0 Å². The fourth-order valence-corrected chi connectivity index (χ4v) is 2.22. The number of methoxy groups -OCH3 is 1. The van der Waals surface area contributed by atoms with Crippen molar-refractivity contribution in [1.82, 2.24) is 10.2 Å². The van der Waals surface area contributed by atoms with Crippen LogP contribution >= 0.6 is 0 Å². The van der Waals surface area contributed by atoms with Crippen molar-refractivity contribution in [2.75, 3.05) is 33.3 Å². The minimum atomic E-state index is 0.352. The Balaban J connectivity index is 2.35. The summed E-state index contributed by atoms with van der Waals surface area (Å²) in [7, 11) is 1.80. The Kier molecular flexibility index (Phi) is 6.22. The lowest BCUT2D eigenvalue weighted by molar-refractivity contribution is 0.0761. The molecule has 3 nitrogen and oxygen atoms in total. The fraction of sp³-hybridized carbons (Fsp3) is 1.00. The fourth-order valence-electron chi connectivity index (χ4n) is 2.22. The molecule has 2 atom stereocenters. The van der Waals surface area contributed by atoms with E-state index in [1.165, 1.54) is 38.9 Å². The van der Waals surface area contributed by atoms with Crippen molar-refractivity contribution >= 4 is 0 Å². The van der Waals surface area contributed by atoms with Crippen LogP contribution in [0.5, 0.6) is 0 Å². The predicted octanol–water partition coefficient (Wildman–Crippen LogP) is 1.49. The lowest BCUT2D eigenvalue weighted by Gasteiger charge is -2.26. The normalized spacial score (nSPS) is 26.2. The molecule has 1 rings (SSSR count). The van der Waals surface area contributed by atoms with Crippen LogP contribution in [0.3, 0.4) is 0 Å². The van der Waals surface area contributed by atoms with Crippen molar-refractivity contribution < 1.29 is 4.74 Å². The van der Waals surface area contributed by atoms with Gasteiger partial charge in [-0.25, -0.2) is 0 Å². The Morgan fingerprint density at radius 2 is 2.33 bits per heavy atom. The molecule has 1 heterocycles. The maximum atomic E-state index is 5.33. The summed E-state index contributed by atoms with van der Waals surface area (Å²) in [6.45, 7) is 9.03. The number of nitrogens with zero attached hydrogens (tertiary/aromatic N) is 1. The third-order valence-corrected chi connectivity index (χ3v) is 3.12. The predicted molar refractivity (Wildman–Crippen MR) is 64.2 cm³/mol. The van der Waals surface area contributed by atoms with Gasteiger partial charge in [-0.05, 0) is 32.9 Å². The summed E-state index contributed by atoms with van der Waals surface area (Å²) in [6, 6.07) is 0.682. The van der Waals surface area contributed by atoms with E-state index in [1.807, 2.05) is 0 Å². The summed E-state index contributed by atoms with van der Waals surface area (Å²) in [5.41, 5.74) is 0. The van der Waals surface area contributed by atoms with Crippen LogP contribution in [0.4, 0.5) is 0 Å². The standard InChI is InChI=1S/C12H26N2O/c1-4-6-12-10-14(8-5-7-13-12)9-11(2)15-3/h11-13H,4-10H2,1-3H3. The second-order valence-electron chi connectivity index (χ2n) is 4.60. The second-order valence-corrected chi connectivity index (χ2v) is 4.60. The molecule has 0 aliphatic carbocycles. The zero-order valence-corrected chi connectivity index (χ0v) is 10.5. The lowest BCUT2D eigenvalue weighted by Crippen LogP contribution is -2.40. The van der Waals surface area contributed by atoms with Crippen molar-refractivity contribution in [3.8, 4) is 0 Å². The first-order valence-corrected chi connectivity index (χ1v) is 6.24. The van der Waals surface area contributed by atoms with E-state index in [-0.39, 0.29) is 0 Å². The van der Waals surface area contributed by atoms with E-state index in [9.17, 15) is 0 Å². The first kappa shape index (κ1) is 12.9. The lowest BCUT2D eigenvalue weighted by atomic mass is 10.1. The van der Waals surface area contributed by atoms with Crippen molar-refractivity contribution in [3.05, 3.63) is 0 Å². The zero-order chi connectivity index (χ0) is 11.1. The maximum Gasteiger partial charge on any atom is 0.0670 e. The van der Waals surface area contributed by atoms with Crippen LogP contribution < -0.4 is 5.32 Å². The SMILES string of the molecule is CCCC1CN(CC(C)OC)CCCN1. The number of nitrogens with one attached hydrogen (secondary N) is 1. The summed E-state index contributed by atoms with van der Waals surface area (Å²) in [6.07, 6.45) is 4.17. The molecule has 15 heavy (non-hydrogen) atoms. The van der Waals surface area contributed by atoms with E-state index < -0.39 is 0 Å². The van der Waals surface area contributed by atoms with Crippen molar-refractivity contribution in [1.29, 1.82) is 0 Å². The van der Waals surface area contributed by atoms with Gasteiger partial charge in [-0.2, -0.15) is 0 Å². The zero-order valence-electron chi connectivity index (χ0n) is 10.5. The summed E-state index contributed by atoms with van der Waals surface area (Å²) in [4.78, 5) is 2.54. The van der Waals surface area contributed by atoms with Gasteiger partial charge in [0, 0.05) is 26.2 Å². The first-order valence-electron chi connectivity index (χ1n) is 6.24. The van der Waals surface area contributed by atoms with E-state index >= 15 is 0 Å². The van der Waals surface area contributed by atoms with Crippen LogP contribution in [0.2, 0.25) is 0 Å². The molecule has 0 amide bonds. The Hall–Kier alpha value is -0.120. The molecular weight excluding hydrogens is 188 g/mol. The van der Waals surface area contributed by atoms with Gasteiger partial charge in [0.25, 0.3) is 0 Å². The highest BCUT2D eigenvalue weighted by Crippen LogP contribution is 2.07. The van der Waals surface area contributed by atoms with E-state index in [4.69, 9.17) is 4.74 Å². The van der Waals surface area contributed by atoms with Gasteiger partial charge in [0.05, 0.1) is 6.10 Å². The smallest absolute Gasteiger partial charge is 0.0670 e. The molecule has 2 unspecified atom stereocenters. The van der Waals surface area contributed by atoms with Crippen LogP contribution in [0.1, 0.15) is 33.1 Å². The first-order chi connectivity index (χ1) is 7.26. The van der Waals surface area contributed by atoms with Crippen molar-refractivity contribution in [3.63, 3.8) is 0 Å².